The third kappa shape index (κ3) is 7.55. The molecule has 0 aliphatic carbocycles. The van der Waals surface area contributed by atoms with Crippen LogP contribution in [0.25, 0.3) is 11.1 Å². The number of alkyl halides is 6. The maximum absolute atomic E-state index is 14.7. The number of pyridine rings is 1. The fourth-order valence-electron chi connectivity index (χ4n) is 4.42. The molecule has 0 spiro atoms. The zero-order valence-corrected chi connectivity index (χ0v) is 23.7. The zero-order chi connectivity index (χ0) is 33.1. The molecule has 0 aliphatic rings. The predicted molar refractivity (Wildman–Crippen MR) is 144 cm³/mol. The summed E-state index contributed by atoms with van der Waals surface area (Å²) in [4.78, 5) is 37.9. The smallest absolute Gasteiger partial charge is 0.417 e. The van der Waals surface area contributed by atoms with Crippen LogP contribution in [-0.4, -0.2) is 41.8 Å². The molecule has 0 unspecified atom stereocenters. The average Bonchev–Trinajstić information content (AvgIpc) is 2.92. The second kappa shape index (κ2) is 13.1. The van der Waals surface area contributed by atoms with Crippen LogP contribution in [0.5, 0.6) is 0 Å². The molecular formula is C29H27F8N3O4. The number of carbonyl (C=O) groups excluding carboxylic acids is 2. The third-order valence-electron chi connectivity index (χ3n) is 6.86. The van der Waals surface area contributed by atoms with Crippen molar-refractivity contribution in [2.24, 2.45) is 7.05 Å². The van der Waals surface area contributed by atoms with Crippen molar-refractivity contribution in [2.45, 2.75) is 51.1 Å². The Morgan fingerprint density at radius 3 is 2.02 bits per heavy atom. The van der Waals surface area contributed by atoms with Gasteiger partial charge in [0.2, 0.25) is 0 Å². The van der Waals surface area contributed by atoms with Crippen LogP contribution in [-0.2, 0) is 29.2 Å². The summed E-state index contributed by atoms with van der Waals surface area (Å²) in [5.74, 6) is -5.46. The number of hydrogen-bond donors (Lipinski definition) is 2. The normalized spacial score (nSPS) is 13.3. The Bertz CT molecular complexity index is 1580. The van der Waals surface area contributed by atoms with Crippen molar-refractivity contribution >= 4 is 17.6 Å². The Hall–Kier alpha value is -4.43. The van der Waals surface area contributed by atoms with E-state index in [1.54, 1.807) is 0 Å². The van der Waals surface area contributed by atoms with E-state index >= 15 is 0 Å². The maximum atomic E-state index is 14.7. The lowest BCUT2D eigenvalue weighted by molar-refractivity contribution is -0.143. The summed E-state index contributed by atoms with van der Waals surface area (Å²) in [6, 6.07) is 3.21. The minimum Gasteiger partial charge on any atom is -0.467 e. The lowest BCUT2D eigenvalue weighted by Crippen LogP contribution is -2.43. The van der Waals surface area contributed by atoms with Crippen molar-refractivity contribution in [3.8, 4) is 11.1 Å². The average molecular weight is 634 g/mol. The SMILES string of the molecule is CC[C@@H](Nc1cc(F)c(C(=O)N[C@@H](Cc2ccc(-c3c(C(F)(F)F)cc(C)n(C)c3=O)cc2)C(=O)OC)c(F)c1)C(F)(F)F. The van der Waals surface area contributed by atoms with Gasteiger partial charge in [0.1, 0.15) is 29.3 Å². The Morgan fingerprint density at radius 2 is 1.55 bits per heavy atom. The maximum Gasteiger partial charge on any atom is 0.417 e. The summed E-state index contributed by atoms with van der Waals surface area (Å²) in [6.45, 7) is 2.56. The first-order valence-corrected chi connectivity index (χ1v) is 13.0. The molecule has 238 valence electrons. The number of amides is 1. The molecule has 1 amide bonds. The van der Waals surface area contributed by atoms with E-state index in [-0.39, 0.29) is 23.2 Å². The minimum absolute atomic E-state index is 0.0750. The quantitative estimate of drug-likeness (QED) is 0.226. The largest absolute Gasteiger partial charge is 0.467 e. The molecule has 0 fully saturated rings. The predicted octanol–water partition coefficient (Wildman–Crippen LogP) is 5.92. The molecule has 2 atom stereocenters. The highest BCUT2D eigenvalue weighted by molar-refractivity contribution is 5.97. The van der Waals surface area contributed by atoms with Crippen LogP contribution in [0.1, 0.15) is 40.5 Å². The molecule has 3 rings (SSSR count). The standard InChI is InChI=1S/C29H27F8N3O4/c1-5-22(29(35,36)37)38-17-12-19(30)24(20(31)13-17)25(41)39-21(27(43)44-4)11-15-6-8-16(9-7-15)23-18(28(32,33)34)10-14(2)40(3)26(23)42/h6-10,12-13,21-22,38H,5,11H2,1-4H3,(H,39,41)/t21-,22+/m0/s1. The van der Waals surface area contributed by atoms with Crippen LogP contribution in [0, 0.1) is 18.6 Å². The molecule has 44 heavy (non-hydrogen) atoms. The number of carbonyl (C=O) groups is 2. The molecular weight excluding hydrogens is 606 g/mol. The van der Waals surface area contributed by atoms with Gasteiger partial charge in [-0.05, 0) is 42.7 Å². The molecule has 1 aromatic heterocycles. The van der Waals surface area contributed by atoms with Gasteiger partial charge in [-0.3, -0.25) is 9.59 Å². The summed E-state index contributed by atoms with van der Waals surface area (Å²) >= 11 is 0. The Balaban J connectivity index is 1.88. The molecule has 0 saturated heterocycles. The molecule has 7 nitrogen and oxygen atoms in total. The fourth-order valence-corrected chi connectivity index (χ4v) is 4.42. The summed E-state index contributed by atoms with van der Waals surface area (Å²) in [7, 11) is 2.29. The lowest BCUT2D eigenvalue weighted by Gasteiger charge is -2.22. The van der Waals surface area contributed by atoms with Gasteiger partial charge >= 0.3 is 18.3 Å². The van der Waals surface area contributed by atoms with E-state index in [1.165, 1.54) is 45.2 Å². The minimum atomic E-state index is -4.83. The zero-order valence-electron chi connectivity index (χ0n) is 23.7. The van der Waals surface area contributed by atoms with Gasteiger partial charge in [0.25, 0.3) is 11.5 Å². The third-order valence-corrected chi connectivity index (χ3v) is 6.86. The Labute approximate surface area is 245 Å². The van der Waals surface area contributed by atoms with Crippen molar-refractivity contribution in [3.63, 3.8) is 0 Å². The fraction of sp³-hybridized carbons (Fsp3) is 0.345. The number of esters is 1. The van der Waals surface area contributed by atoms with Gasteiger partial charge in [-0.1, -0.05) is 31.2 Å². The molecule has 15 heteroatoms. The molecule has 0 aliphatic heterocycles. The van der Waals surface area contributed by atoms with Gasteiger partial charge in [-0.15, -0.1) is 0 Å². The number of methoxy groups -OCH3 is 1. The second-order valence-electron chi connectivity index (χ2n) is 9.85. The van der Waals surface area contributed by atoms with E-state index in [1.807, 2.05) is 5.32 Å². The van der Waals surface area contributed by atoms with Gasteiger partial charge < -0.3 is 19.9 Å². The lowest BCUT2D eigenvalue weighted by atomic mass is 9.97. The monoisotopic (exact) mass is 633 g/mol. The number of nitrogens with zero attached hydrogens (tertiary/aromatic N) is 1. The molecule has 3 aromatic rings. The summed E-state index contributed by atoms with van der Waals surface area (Å²) < 4.78 is 115. The van der Waals surface area contributed by atoms with Crippen LogP contribution in [0.3, 0.4) is 0 Å². The summed E-state index contributed by atoms with van der Waals surface area (Å²) in [6.07, 6.45) is -10.3. The van der Waals surface area contributed by atoms with E-state index in [0.717, 1.165) is 17.7 Å². The van der Waals surface area contributed by atoms with Crippen LogP contribution in [0.2, 0.25) is 0 Å². The molecule has 2 N–H and O–H groups in total. The van der Waals surface area contributed by atoms with Crippen LogP contribution < -0.4 is 16.2 Å². The highest BCUT2D eigenvalue weighted by Crippen LogP contribution is 2.36. The first kappa shape index (κ1) is 34.1. The Morgan fingerprint density at radius 1 is 0.977 bits per heavy atom. The van der Waals surface area contributed by atoms with Gasteiger partial charge in [-0.25, -0.2) is 13.6 Å². The number of aryl methyl sites for hydroxylation is 1. The van der Waals surface area contributed by atoms with Crippen molar-refractivity contribution in [1.29, 1.82) is 0 Å². The van der Waals surface area contributed by atoms with Gasteiger partial charge in [0.15, 0.2) is 0 Å². The van der Waals surface area contributed by atoms with Gasteiger partial charge in [0, 0.05) is 24.8 Å². The number of hydrogen-bond acceptors (Lipinski definition) is 5. The van der Waals surface area contributed by atoms with E-state index < -0.39 is 82.3 Å². The van der Waals surface area contributed by atoms with Crippen LogP contribution in [0.4, 0.5) is 40.8 Å². The van der Waals surface area contributed by atoms with E-state index in [2.05, 4.69) is 10.1 Å². The molecule has 0 saturated carbocycles. The number of aromatic nitrogens is 1. The van der Waals surface area contributed by atoms with Gasteiger partial charge in [-0.2, -0.15) is 26.3 Å². The van der Waals surface area contributed by atoms with Crippen molar-refractivity contribution in [1.82, 2.24) is 9.88 Å². The van der Waals surface area contributed by atoms with E-state index in [9.17, 15) is 49.5 Å². The van der Waals surface area contributed by atoms with E-state index in [4.69, 9.17) is 0 Å². The van der Waals surface area contributed by atoms with Crippen molar-refractivity contribution in [2.75, 3.05) is 12.4 Å². The summed E-state index contributed by atoms with van der Waals surface area (Å²) in [5.41, 5.74) is -4.09. The highest BCUT2D eigenvalue weighted by Gasteiger charge is 2.39. The summed E-state index contributed by atoms with van der Waals surface area (Å²) in [5, 5.41) is 4.07. The Kier molecular flexibility index (Phi) is 10.1. The van der Waals surface area contributed by atoms with Crippen LogP contribution in [0.15, 0.2) is 47.3 Å². The molecule has 1 heterocycles. The van der Waals surface area contributed by atoms with Crippen molar-refractivity contribution < 1.29 is 49.4 Å². The molecule has 0 radical (unpaired) electrons. The van der Waals surface area contributed by atoms with E-state index in [0.29, 0.717) is 12.1 Å². The second-order valence-corrected chi connectivity index (χ2v) is 9.85. The first-order valence-electron chi connectivity index (χ1n) is 13.0. The number of nitrogens with one attached hydrogen (secondary N) is 2. The van der Waals surface area contributed by atoms with Gasteiger partial charge in [0.05, 0.1) is 18.2 Å². The number of ether oxygens (including phenoxy) is 1. The topological polar surface area (TPSA) is 89.4 Å². The van der Waals surface area contributed by atoms with Crippen molar-refractivity contribution in [3.05, 3.63) is 86.8 Å². The van der Waals surface area contributed by atoms with Crippen LogP contribution >= 0.6 is 0 Å². The first-order chi connectivity index (χ1) is 20.4. The number of anilines is 1. The number of halogens is 8. The highest BCUT2D eigenvalue weighted by atomic mass is 19.4. The number of rotatable bonds is 9. The molecule has 2 aromatic carbocycles. The number of benzene rings is 2. The molecule has 0 bridgehead atoms.